The minimum atomic E-state index is -0.379. The third-order valence-corrected chi connectivity index (χ3v) is 2.75. The van der Waals surface area contributed by atoms with Crippen LogP contribution in [0.5, 0.6) is 0 Å². The Hall–Kier alpha value is -1.74. The maximum Gasteiger partial charge on any atom is 0.131 e. The van der Waals surface area contributed by atoms with Crippen molar-refractivity contribution in [2.75, 3.05) is 0 Å². The van der Waals surface area contributed by atoms with Crippen molar-refractivity contribution in [2.45, 2.75) is 13.5 Å². The highest BCUT2D eigenvalue weighted by Crippen LogP contribution is 2.25. The lowest BCUT2D eigenvalue weighted by Gasteiger charge is -2.06. The van der Waals surface area contributed by atoms with Gasteiger partial charge in [0.2, 0.25) is 0 Å². The molecule has 0 atom stereocenters. The molecular weight excluding hydrogens is 220 g/mol. The largest absolute Gasteiger partial charge is 0.326 e. The zero-order valence-electron chi connectivity index (χ0n) is 9.50. The van der Waals surface area contributed by atoms with Crippen LogP contribution in [0.3, 0.4) is 0 Å². The highest BCUT2D eigenvalue weighted by atomic mass is 19.1. The molecule has 0 saturated heterocycles. The first kappa shape index (κ1) is 11.7. The van der Waals surface area contributed by atoms with Crippen LogP contribution in [0.4, 0.5) is 8.78 Å². The number of hydrogen-bond donors (Lipinski definition) is 1. The molecule has 0 fully saturated rings. The molecular formula is C14H13F2N. The van der Waals surface area contributed by atoms with Crippen molar-refractivity contribution in [1.29, 1.82) is 0 Å². The summed E-state index contributed by atoms with van der Waals surface area (Å²) in [5, 5.41) is 0. The van der Waals surface area contributed by atoms with Gasteiger partial charge in [-0.2, -0.15) is 0 Å². The number of hydrogen-bond acceptors (Lipinski definition) is 1. The monoisotopic (exact) mass is 233 g/mol. The average molecular weight is 233 g/mol. The molecule has 3 heteroatoms. The fourth-order valence-electron chi connectivity index (χ4n) is 1.68. The number of halogens is 2. The Morgan fingerprint density at radius 1 is 1.00 bits per heavy atom. The Morgan fingerprint density at radius 3 is 2.35 bits per heavy atom. The predicted molar refractivity (Wildman–Crippen MR) is 64.4 cm³/mol. The maximum absolute atomic E-state index is 13.8. The lowest BCUT2D eigenvalue weighted by molar-refractivity contribution is 0.617. The molecule has 0 aliphatic rings. The molecule has 0 saturated carbocycles. The van der Waals surface area contributed by atoms with Crippen molar-refractivity contribution in [3.8, 4) is 11.1 Å². The molecule has 0 spiro atoms. The zero-order valence-corrected chi connectivity index (χ0v) is 9.50. The Morgan fingerprint density at radius 2 is 1.76 bits per heavy atom. The zero-order chi connectivity index (χ0) is 12.4. The molecule has 0 aliphatic carbocycles. The molecule has 2 rings (SSSR count). The van der Waals surface area contributed by atoms with Gasteiger partial charge in [-0.25, -0.2) is 8.78 Å². The third kappa shape index (κ3) is 2.34. The summed E-state index contributed by atoms with van der Waals surface area (Å²) < 4.78 is 27.2. The number of nitrogens with two attached hydrogens (primary N) is 1. The van der Waals surface area contributed by atoms with Crippen molar-refractivity contribution in [1.82, 2.24) is 0 Å². The van der Waals surface area contributed by atoms with Gasteiger partial charge >= 0.3 is 0 Å². The third-order valence-electron chi connectivity index (χ3n) is 2.75. The molecule has 17 heavy (non-hydrogen) atoms. The Bertz CT molecular complexity index is 550. The Labute approximate surface area is 98.9 Å². The molecule has 0 heterocycles. The van der Waals surface area contributed by atoms with Crippen LogP contribution in [-0.4, -0.2) is 0 Å². The van der Waals surface area contributed by atoms with Crippen LogP contribution in [-0.2, 0) is 6.54 Å². The summed E-state index contributed by atoms with van der Waals surface area (Å²) in [6.45, 7) is 1.96. The fourth-order valence-corrected chi connectivity index (χ4v) is 1.68. The Balaban J connectivity index is 2.49. The standard InChI is InChI=1S/C14H13F2N/c1-9-2-4-11(7-13(9)15)12-5-3-10(8-17)6-14(12)16/h2-7H,8,17H2,1H3. The first-order valence-electron chi connectivity index (χ1n) is 5.37. The normalized spacial score (nSPS) is 10.6. The van der Waals surface area contributed by atoms with E-state index in [2.05, 4.69) is 0 Å². The molecule has 2 N–H and O–H groups in total. The van der Waals surface area contributed by atoms with E-state index in [4.69, 9.17) is 5.73 Å². The van der Waals surface area contributed by atoms with E-state index in [0.29, 0.717) is 23.2 Å². The van der Waals surface area contributed by atoms with Crippen LogP contribution in [0, 0.1) is 18.6 Å². The van der Waals surface area contributed by atoms with Gasteiger partial charge in [-0.15, -0.1) is 0 Å². The second-order valence-corrected chi connectivity index (χ2v) is 3.98. The molecule has 0 radical (unpaired) electrons. The van der Waals surface area contributed by atoms with E-state index < -0.39 is 0 Å². The van der Waals surface area contributed by atoms with Gasteiger partial charge in [0.25, 0.3) is 0 Å². The minimum absolute atomic E-state index is 0.291. The molecule has 88 valence electrons. The van der Waals surface area contributed by atoms with Crippen LogP contribution in [0.2, 0.25) is 0 Å². The smallest absolute Gasteiger partial charge is 0.131 e. The summed E-state index contributed by atoms with van der Waals surface area (Å²) in [7, 11) is 0. The highest BCUT2D eigenvalue weighted by molar-refractivity contribution is 5.65. The van der Waals surface area contributed by atoms with Gasteiger partial charge in [0.15, 0.2) is 0 Å². The van der Waals surface area contributed by atoms with Crippen molar-refractivity contribution in [2.24, 2.45) is 5.73 Å². The van der Waals surface area contributed by atoms with Gasteiger partial charge in [-0.1, -0.05) is 24.3 Å². The van der Waals surface area contributed by atoms with Gasteiger partial charge in [0.1, 0.15) is 11.6 Å². The molecule has 0 aromatic heterocycles. The van der Waals surface area contributed by atoms with E-state index in [1.54, 1.807) is 31.2 Å². The van der Waals surface area contributed by atoms with Crippen LogP contribution >= 0.6 is 0 Å². The van der Waals surface area contributed by atoms with E-state index in [9.17, 15) is 8.78 Å². The summed E-state index contributed by atoms with van der Waals surface area (Å²) in [6, 6.07) is 9.45. The van der Waals surface area contributed by atoms with Crippen LogP contribution in [0.15, 0.2) is 36.4 Å². The molecule has 2 aromatic carbocycles. The van der Waals surface area contributed by atoms with Gasteiger partial charge in [-0.05, 0) is 35.7 Å². The highest BCUT2D eigenvalue weighted by Gasteiger charge is 2.07. The SMILES string of the molecule is Cc1ccc(-c2ccc(CN)cc2F)cc1F. The fraction of sp³-hybridized carbons (Fsp3) is 0.143. The minimum Gasteiger partial charge on any atom is -0.326 e. The molecule has 0 amide bonds. The topological polar surface area (TPSA) is 26.0 Å². The number of benzene rings is 2. The molecule has 0 aliphatic heterocycles. The van der Waals surface area contributed by atoms with E-state index in [0.717, 1.165) is 5.56 Å². The number of aryl methyl sites for hydroxylation is 1. The quantitative estimate of drug-likeness (QED) is 0.845. The van der Waals surface area contributed by atoms with Gasteiger partial charge in [0, 0.05) is 12.1 Å². The summed E-state index contributed by atoms with van der Waals surface area (Å²) >= 11 is 0. The second kappa shape index (κ2) is 4.63. The van der Waals surface area contributed by atoms with Crippen molar-refractivity contribution >= 4 is 0 Å². The van der Waals surface area contributed by atoms with E-state index in [1.807, 2.05) is 0 Å². The van der Waals surface area contributed by atoms with Crippen LogP contribution in [0.25, 0.3) is 11.1 Å². The maximum atomic E-state index is 13.8. The van der Waals surface area contributed by atoms with E-state index >= 15 is 0 Å². The van der Waals surface area contributed by atoms with Gasteiger partial charge in [-0.3, -0.25) is 0 Å². The lowest BCUT2D eigenvalue weighted by Crippen LogP contribution is -1.97. The van der Waals surface area contributed by atoms with Crippen molar-refractivity contribution in [3.63, 3.8) is 0 Å². The summed E-state index contributed by atoms with van der Waals surface area (Å²) in [6.07, 6.45) is 0. The molecule has 2 aromatic rings. The predicted octanol–water partition coefficient (Wildman–Crippen LogP) is 3.40. The van der Waals surface area contributed by atoms with Crippen LogP contribution in [0.1, 0.15) is 11.1 Å². The van der Waals surface area contributed by atoms with Crippen molar-refractivity contribution < 1.29 is 8.78 Å². The average Bonchev–Trinajstić information content (AvgIpc) is 2.32. The van der Waals surface area contributed by atoms with E-state index in [1.165, 1.54) is 12.1 Å². The van der Waals surface area contributed by atoms with Gasteiger partial charge < -0.3 is 5.73 Å². The second-order valence-electron chi connectivity index (χ2n) is 3.98. The first-order chi connectivity index (χ1) is 8.11. The number of rotatable bonds is 2. The summed E-state index contributed by atoms with van der Waals surface area (Å²) in [5.74, 6) is -0.707. The lowest BCUT2D eigenvalue weighted by atomic mass is 10.0. The van der Waals surface area contributed by atoms with Crippen molar-refractivity contribution in [3.05, 3.63) is 59.2 Å². The molecule has 1 nitrogen and oxygen atoms in total. The molecule has 0 unspecified atom stereocenters. The summed E-state index contributed by atoms with van der Waals surface area (Å²) in [4.78, 5) is 0. The Kier molecular flexibility index (Phi) is 3.20. The van der Waals surface area contributed by atoms with Gasteiger partial charge in [0.05, 0.1) is 0 Å². The van der Waals surface area contributed by atoms with E-state index in [-0.39, 0.29) is 11.6 Å². The van der Waals surface area contributed by atoms with Crippen LogP contribution < -0.4 is 5.73 Å². The summed E-state index contributed by atoms with van der Waals surface area (Å²) in [5.41, 5.74) is 7.62. The molecule has 0 bridgehead atoms. The first-order valence-corrected chi connectivity index (χ1v) is 5.37.